The minimum absolute atomic E-state index is 0.298. The van der Waals surface area contributed by atoms with E-state index in [0.29, 0.717) is 22.7 Å². The predicted octanol–water partition coefficient (Wildman–Crippen LogP) is 4.60. The highest BCUT2D eigenvalue weighted by molar-refractivity contribution is 6.77. The molecule has 0 amide bonds. The third-order valence-electron chi connectivity index (χ3n) is 3.59. The van der Waals surface area contributed by atoms with Crippen molar-refractivity contribution in [3.63, 3.8) is 0 Å². The molecule has 0 fully saturated rings. The van der Waals surface area contributed by atoms with Crippen molar-refractivity contribution in [3.05, 3.63) is 0 Å². The van der Waals surface area contributed by atoms with Crippen LogP contribution in [0.5, 0.6) is 0 Å². The fourth-order valence-electron chi connectivity index (χ4n) is 3.00. The summed E-state index contributed by atoms with van der Waals surface area (Å²) in [4.78, 5) is 0. The maximum absolute atomic E-state index is 6.38. The van der Waals surface area contributed by atoms with Crippen molar-refractivity contribution < 1.29 is 9.16 Å². The van der Waals surface area contributed by atoms with Crippen molar-refractivity contribution in [2.75, 3.05) is 13.2 Å². The molecule has 0 aliphatic heterocycles. The summed E-state index contributed by atoms with van der Waals surface area (Å²) in [5, 5.41) is 0. The lowest BCUT2D eigenvalue weighted by atomic mass is 10.5. The second kappa shape index (κ2) is 7.55. The van der Waals surface area contributed by atoms with E-state index >= 15 is 0 Å². The summed E-state index contributed by atoms with van der Waals surface area (Å²) < 4.78 is 12.0. The third kappa shape index (κ3) is 4.72. The van der Waals surface area contributed by atoms with Crippen molar-refractivity contribution in [1.82, 2.24) is 0 Å². The summed E-state index contributed by atoms with van der Waals surface area (Å²) in [5.74, 6) is 0. The van der Waals surface area contributed by atoms with Gasteiger partial charge in [0.05, 0.1) is 19.3 Å². The second-order valence-corrected chi connectivity index (χ2v) is 11.5. The summed E-state index contributed by atoms with van der Waals surface area (Å²) in [6.45, 7) is 19.5. The van der Waals surface area contributed by atoms with Gasteiger partial charge in [0, 0.05) is 0 Å². The number of hydrogen-bond acceptors (Lipinski definition) is 2. The molecular formula is C14H32O2Si. The van der Waals surface area contributed by atoms with E-state index in [4.69, 9.17) is 9.16 Å². The largest absolute Gasteiger partial charge is 0.414 e. The number of ether oxygens (including phenoxy) is 1. The second-order valence-electron chi connectivity index (χ2n) is 6.09. The van der Waals surface area contributed by atoms with E-state index in [2.05, 4.69) is 55.4 Å². The SMILES string of the molecule is CC(C)OCCO[Si](C(C)C)(C(C)C)C(C)C. The van der Waals surface area contributed by atoms with Crippen molar-refractivity contribution in [2.45, 2.75) is 78.1 Å². The van der Waals surface area contributed by atoms with E-state index in [-0.39, 0.29) is 0 Å². The molecule has 0 heterocycles. The molecule has 3 heteroatoms. The van der Waals surface area contributed by atoms with Crippen LogP contribution >= 0.6 is 0 Å². The summed E-state index contributed by atoms with van der Waals surface area (Å²) >= 11 is 0. The first-order valence-electron chi connectivity index (χ1n) is 7.00. The minimum Gasteiger partial charge on any atom is -0.414 e. The van der Waals surface area contributed by atoms with Crippen LogP contribution in [0.4, 0.5) is 0 Å². The van der Waals surface area contributed by atoms with E-state index in [1.807, 2.05) is 0 Å². The lowest BCUT2D eigenvalue weighted by molar-refractivity contribution is 0.0511. The smallest absolute Gasteiger partial charge is 0.200 e. The van der Waals surface area contributed by atoms with Gasteiger partial charge in [0.15, 0.2) is 8.32 Å². The van der Waals surface area contributed by atoms with Crippen LogP contribution in [0.3, 0.4) is 0 Å². The van der Waals surface area contributed by atoms with E-state index in [0.717, 1.165) is 13.2 Å². The molecule has 0 aromatic carbocycles. The summed E-state index contributed by atoms with van der Waals surface area (Å²) in [6.07, 6.45) is 0.298. The maximum Gasteiger partial charge on any atom is 0.200 e. The molecule has 0 saturated heterocycles. The summed E-state index contributed by atoms with van der Waals surface area (Å²) in [7, 11) is -1.68. The van der Waals surface area contributed by atoms with Gasteiger partial charge in [0.25, 0.3) is 0 Å². The van der Waals surface area contributed by atoms with Crippen LogP contribution in [-0.2, 0) is 9.16 Å². The van der Waals surface area contributed by atoms with E-state index < -0.39 is 8.32 Å². The van der Waals surface area contributed by atoms with Gasteiger partial charge in [-0.1, -0.05) is 41.5 Å². The van der Waals surface area contributed by atoms with Crippen LogP contribution in [-0.4, -0.2) is 27.6 Å². The Labute approximate surface area is 109 Å². The molecule has 104 valence electrons. The normalized spacial score (nSPS) is 13.4. The van der Waals surface area contributed by atoms with Crippen LogP contribution in [0.2, 0.25) is 16.6 Å². The molecule has 0 aliphatic carbocycles. The van der Waals surface area contributed by atoms with Crippen molar-refractivity contribution in [2.24, 2.45) is 0 Å². The van der Waals surface area contributed by atoms with Crippen molar-refractivity contribution in [3.8, 4) is 0 Å². The van der Waals surface area contributed by atoms with Gasteiger partial charge in [-0.05, 0) is 30.5 Å². The van der Waals surface area contributed by atoms with E-state index in [1.54, 1.807) is 0 Å². The monoisotopic (exact) mass is 260 g/mol. The molecule has 0 N–H and O–H groups in total. The molecule has 2 nitrogen and oxygen atoms in total. The highest BCUT2D eigenvalue weighted by Gasteiger charge is 2.44. The number of hydrogen-bond donors (Lipinski definition) is 0. The minimum atomic E-state index is -1.68. The van der Waals surface area contributed by atoms with Gasteiger partial charge < -0.3 is 9.16 Å². The first kappa shape index (κ1) is 17.1. The van der Waals surface area contributed by atoms with Crippen LogP contribution in [0, 0.1) is 0 Å². The third-order valence-corrected chi connectivity index (χ3v) is 9.71. The Morgan fingerprint density at radius 2 is 1.12 bits per heavy atom. The Morgan fingerprint density at radius 3 is 1.41 bits per heavy atom. The van der Waals surface area contributed by atoms with Gasteiger partial charge in [-0.15, -0.1) is 0 Å². The average Bonchev–Trinajstić information content (AvgIpc) is 2.15. The van der Waals surface area contributed by atoms with Crippen LogP contribution in [0.15, 0.2) is 0 Å². The number of rotatable bonds is 8. The van der Waals surface area contributed by atoms with Gasteiger partial charge in [0.2, 0.25) is 0 Å². The standard InChI is InChI=1S/C14H32O2Si/c1-11(2)15-9-10-16-17(12(3)4,13(5)6)14(7)8/h11-14H,9-10H2,1-8H3. The zero-order chi connectivity index (χ0) is 13.6. The van der Waals surface area contributed by atoms with Gasteiger partial charge in [-0.2, -0.15) is 0 Å². The van der Waals surface area contributed by atoms with Gasteiger partial charge in [-0.3, -0.25) is 0 Å². The molecule has 0 unspecified atom stereocenters. The lowest BCUT2D eigenvalue weighted by Gasteiger charge is -2.42. The quantitative estimate of drug-likeness (QED) is 0.469. The van der Waals surface area contributed by atoms with E-state index in [1.165, 1.54) is 0 Å². The predicted molar refractivity (Wildman–Crippen MR) is 78.1 cm³/mol. The maximum atomic E-state index is 6.38. The Kier molecular flexibility index (Phi) is 7.61. The van der Waals surface area contributed by atoms with E-state index in [9.17, 15) is 0 Å². The Hall–Kier alpha value is 0.137. The van der Waals surface area contributed by atoms with Crippen LogP contribution in [0.25, 0.3) is 0 Å². The topological polar surface area (TPSA) is 18.5 Å². The molecule has 0 aromatic heterocycles. The fraction of sp³-hybridized carbons (Fsp3) is 1.00. The van der Waals surface area contributed by atoms with Crippen molar-refractivity contribution >= 4 is 8.32 Å². The molecular weight excluding hydrogens is 228 g/mol. The molecule has 0 saturated carbocycles. The first-order chi connectivity index (χ1) is 7.75. The molecule has 0 atom stereocenters. The molecule has 0 aromatic rings. The average molecular weight is 260 g/mol. The molecule has 0 radical (unpaired) electrons. The Bertz CT molecular complexity index is 179. The Morgan fingerprint density at radius 1 is 0.706 bits per heavy atom. The van der Waals surface area contributed by atoms with Crippen molar-refractivity contribution in [1.29, 1.82) is 0 Å². The zero-order valence-electron chi connectivity index (χ0n) is 13.0. The molecule has 0 bridgehead atoms. The molecule has 0 rings (SSSR count). The fourth-order valence-corrected chi connectivity index (χ4v) is 8.44. The Balaban J connectivity index is 4.49. The van der Waals surface area contributed by atoms with Gasteiger partial charge >= 0.3 is 0 Å². The molecule has 0 spiro atoms. The summed E-state index contributed by atoms with van der Waals surface area (Å²) in [5.41, 5.74) is 1.96. The molecule has 17 heavy (non-hydrogen) atoms. The zero-order valence-corrected chi connectivity index (χ0v) is 14.0. The first-order valence-corrected chi connectivity index (χ1v) is 9.14. The summed E-state index contributed by atoms with van der Waals surface area (Å²) in [6, 6.07) is 0. The van der Waals surface area contributed by atoms with Gasteiger partial charge in [0.1, 0.15) is 0 Å². The van der Waals surface area contributed by atoms with Crippen LogP contribution in [0.1, 0.15) is 55.4 Å². The van der Waals surface area contributed by atoms with Gasteiger partial charge in [-0.25, -0.2) is 0 Å². The lowest BCUT2D eigenvalue weighted by Crippen LogP contribution is -2.48. The highest BCUT2D eigenvalue weighted by atomic mass is 28.4. The highest BCUT2D eigenvalue weighted by Crippen LogP contribution is 2.42. The van der Waals surface area contributed by atoms with Crippen LogP contribution < -0.4 is 0 Å². The molecule has 0 aliphatic rings.